The molecule has 3 nitrogen and oxygen atoms in total. The number of morpholine rings is 1. The molecular weight excluding hydrogens is 435 g/mol. The van der Waals surface area contributed by atoms with Crippen LogP contribution in [-0.4, -0.2) is 54.6 Å². The van der Waals surface area contributed by atoms with Gasteiger partial charge in [-0.2, -0.15) is 0 Å². The van der Waals surface area contributed by atoms with Gasteiger partial charge in [0.15, 0.2) is 0 Å². The summed E-state index contributed by atoms with van der Waals surface area (Å²) in [6.45, 7) is 12.0. The molecule has 0 bridgehead atoms. The third-order valence-corrected chi connectivity index (χ3v) is 24.3. The quantitative estimate of drug-likeness (QED) is 0.399. The fraction of sp³-hybridized carbons (Fsp3) is 0.850. The van der Waals surface area contributed by atoms with Gasteiger partial charge in [-0.1, -0.05) is 0 Å². The molecule has 1 aromatic heterocycles. The minimum atomic E-state index is -2.31. The summed E-state index contributed by atoms with van der Waals surface area (Å²) in [5.74, 6) is 0. The van der Waals surface area contributed by atoms with Crippen LogP contribution in [0.4, 0.5) is 0 Å². The van der Waals surface area contributed by atoms with Crippen LogP contribution in [0.25, 0.3) is 0 Å². The van der Waals surface area contributed by atoms with E-state index in [0.29, 0.717) is 0 Å². The monoisotopic (exact) mass is 474 g/mol. The molecule has 2 rings (SSSR count). The molecule has 0 aliphatic carbocycles. The molecule has 0 amide bonds. The summed E-state index contributed by atoms with van der Waals surface area (Å²) < 4.78 is 11.7. The third-order valence-electron chi connectivity index (χ3n) is 5.52. The first-order valence-corrected chi connectivity index (χ1v) is 18.8. The van der Waals surface area contributed by atoms with Crippen LogP contribution in [0, 0.1) is 0 Å². The number of unbranched alkanes of at least 4 members (excludes halogenated alkanes) is 3. The molecule has 1 fully saturated rings. The van der Waals surface area contributed by atoms with Gasteiger partial charge in [-0.15, -0.1) is 0 Å². The predicted molar refractivity (Wildman–Crippen MR) is 113 cm³/mol. The van der Waals surface area contributed by atoms with E-state index in [-0.39, 0.29) is 0 Å². The van der Waals surface area contributed by atoms with Crippen molar-refractivity contribution < 1.29 is 4.74 Å². The van der Waals surface area contributed by atoms with Gasteiger partial charge in [0.2, 0.25) is 0 Å². The Labute approximate surface area is 163 Å². The summed E-state index contributed by atoms with van der Waals surface area (Å²) in [6, 6.07) is 0. The van der Waals surface area contributed by atoms with Gasteiger partial charge < -0.3 is 0 Å². The number of ether oxygens (including phenoxy) is 1. The van der Waals surface area contributed by atoms with Gasteiger partial charge in [-0.3, -0.25) is 0 Å². The topological polar surface area (TPSA) is 25.4 Å². The predicted octanol–water partition coefficient (Wildman–Crippen LogP) is 5.03. The summed E-state index contributed by atoms with van der Waals surface area (Å²) >= 11 is -0.224. The Morgan fingerprint density at radius 3 is 2.08 bits per heavy atom. The Morgan fingerprint density at radius 2 is 1.56 bits per heavy atom. The zero-order chi connectivity index (χ0) is 18.0. The number of thiazole rings is 1. The fourth-order valence-electron chi connectivity index (χ4n) is 3.85. The molecule has 1 aliphatic heterocycles. The average Bonchev–Trinajstić information content (AvgIpc) is 3.11. The second kappa shape index (κ2) is 11.9. The summed E-state index contributed by atoms with van der Waals surface area (Å²) in [5, 5.41) is 0. The molecule has 0 radical (unpaired) electrons. The molecule has 0 N–H and O–H groups in total. The Morgan fingerprint density at radius 1 is 1.00 bits per heavy atom. The SMILES string of the molecule is CCC[CH2][Sn]([CH2]CCC)([CH2]CCC)[c]1ncc(CN2CCOCC2)s1. The van der Waals surface area contributed by atoms with Gasteiger partial charge in [0.1, 0.15) is 0 Å². The van der Waals surface area contributed by atoms with Gasteiger partial charge in [0.05, 0.1) is 0 Å². The molecule has 5 heteroatoms. The summed E-state index contributed by atoms with van der Waals surface area (Å²) in [5.41, 5.74) is 0. The van der Waals surface area contributed by atoms with Crippen molar-refractivity contribution in [2.75, 3.05) is 26.3 Å². The van der Waals surface area contributed by atoms with Crippen molar-refractivity contribution in [1.29, 1.82) is 0 Å². The number of hydrogen-bond donors (Lipinski definition) is 0. The van der Waals surface area contributed by atoms with Crippen molar-refractivity contribution in [2.24, 2.45) is 0 Å². The van der Waals surface area contributed by atoms with Crippen molar-refractivity contribution in [1.82, 2.24) is 9.88 Å². The van der Waals surface area contributed by atoms with Crippen molar-refractivity contribution >= 4 is 32.7 Å². The van der Waals surface area contributed by atoms with E-state index in [0.717, 1.165) is 32.8 Å². The van der Waals surface area contributed by atoms with Crippen LogP contribution in [0.2, 0.25) is 13.3 Å². The maximum atomic E-state index is 5.49. The molecule has 0 unspecified atom stereocenters. The first-order chi connectivity index (χ1) is 12.2. The van der Waals surface area contributed by atoms with E-state index < -0.39 is 18.4 Å². The molecule has 0 atom stereocenters. The van der Waals surface area contributed by atoms with Crippen molar-refractivity contribution in [3.63, 3.8) is 0 Å². The van der Waals surface area contributed by atoms with Crippen LogP contribution in [0.5, 0.6) is 0 Å². The van der Waals surface area contributed by atoms with E-state index in [4.69, 9.17) is 9.72 Å². The van der Waals surface area contributed by atoms with Crippen LogP contribution < -0.4 is 3.02 Å². The Bertz CT molecular complexity index is 452. The van der Waals surface area contributed by atoms with Gasteiger partial charge in [0.25, 0.3) is 0 Å². The molecule has 1 aromatic rings. The molecule has 0 aromatic carbocycles. The molecule has 1 aliphatic rings. The van der Waals surface area contributed by atoms with Crippen LogP contribution >= 0.6 is 11.3 Å². The second-order valence-corrected chi connectivity index (χ2v) is 22.7. The number of hydrogen-bond acceptors (Lipinski definition) is 4. The Kier molecular flexibility index (Phi) is 10.3. The first-order valence-electron chi connectivity index (χ1n) is 10.5. The summed E-state index contributed by atoms with van der Waals surface area (Å²) in [7, 11) is 0. The summed E-state index contributed by atoms with van der Waals surface area (Å²) in [4.78, 5) is 9.09. The average molecular weight is 473 g/mol. The molecule has 1 saturated heterocycles. The van der Waals surface area contributed by atoms with Crippen molar-refractivity contribution in [3.8, 4) is 0 Å². The fourth-order valence-corrected chi connectivity index (χ4v) is 23.6. The van der Waals surface area contributed by atoms with Crippen LogP contribution in [0.15, 0.2) is 6.20 Å². The number of aromatic nitrogens is 1. The zero-order valence-corrected chi connectivity index (χ0v) is 20.4. The number of nitrogens with zero attached hydrogens (tertiary/aromatic N) is 2. The van der Waals surface area contributed by atoms with Gasteiger partial charge in [0, 0.05) is 0 Å². The zero-order valence-electron chi connectivity index (χ0n) is 16.7. The maximum absolute atomic E-state index is 5.49. The molecular formula is C20H38N2OSSn. The molecule has 144 valence electrons. The standard InChI is InChI=1S/C8H11N2OS.3C4H9.Sn/c1-3-11-4-2-10(1)6-8-5-9-7-12-8;3*1-3-4-2;/h5H,1-4,6H2;3*1,3-4H2,2H3;. The third kappa shape index (κ3) is 6.78. The molecule has 25 heavy (non-hydrogen) atoms. The van der Waals surface area contributed by atoms with E-state index in [1.54, 1.807) is 3.02 Å². The van der Waals surface area contributed by atoms with Gasteiger partial charge >= 0.3 is 164 Å². The van der Waals surface area contributed by atoms with E-state index in [2.05, 4.69) is 43.2 Å². The molecule has 0 saturated carbocycles. The normalized spacial score (nSPS) is 16.4. The van der Waals surface area contributed by atoms with E-state index in [1.807, 2.05) is 0 Å². The van der Waals surface area contributed by atoms with Gasteiger partial charge in [-0.05, 0) is 0 Å². The molecule has 2 heterocycles. The van der Waals surface area contributed by atoms with Crippen molar-refractivity contribution in [3.05, 3.63) is 11.1 Å². The number of rotatable bonds is 12. The van der Waals surface area contributed by atoms with Crippen LogP contribution in [0.3, 0.4) is 0 Å². The Balaban J connectivity index is 2.13. The first kappa shape index (κ1) is 21.6. The Hall–Kier alpha value is 0.349. The van der Waals surface area contributed by atoms with E-state index in [1.165, 1.54) is 56.7 Å². The van der Waals surface area contributed by atoms with Crippen molar-refractivity contribution in [2.45, 2.75) is 79.2 Å². The van der Waals surface area contributed by atoms with Crippen LogP contribution in [0.1, 0.15) is 64.2 Å². The minimum absolute atomic E-state index is 0.887. The van der Waals surface area contributed by atoms with E-state index >= 15 is 0 Å². The van der Waals surface area contributed by atoms with E-state index in [9.17, 15) is 0 Å². The van der Waals surface area contributed by atoms with Gasteiger partial charge in [-0.25, -0.2) is 0 Å². The van der Waals surface area contributed by atoms with Crippen LogP contribution in [-0.2, 0) is 11.3 Å². The second-order valence-electron chi connectivity index (χ2n) is 7.61. The summed E-state index contributed by atoms with van der Waals surface area (Å²) in [6.07, 6.45) is 10.5. The molecule has 0 spiro atoms.